The van der Waals surface area contributed by atoms with Gasteiger partial charge in [0.05, 0.1) is 43.0 Å². The number of amides is 4. The summed E-state index contributed by atoms with van der Waals surface area (Å²) < 4.78 is 4.82. The summed E-state index contributed by atoms with van der Waals surface area (Å²) in [5.41, 5.74) is 6.33. The number of nitrogens with zero attached hydrogens (tertiary/aromatic N) is 4. The second-order valence-corrected chi connectivity index (χ2v) is 14.5. The van der Waals surface area contributed by atoms with Gasteiger partial charge in [-0.2, -0.15) is 0 Å². The van der Waals surface area contributed by atoms with Crippen LogP contribution in [0.5, 0.6) is 0 Å². The largest absolute Gasteiger partial charge is 0.465 e. The molecule has 5 aromatic rings. The maximum atomic E-state index is 13.9. The van der Waals surface area contributed by atoms with Crippen LogP contribution in [0.15, 0.2) is 91.3 Å². The number of nitrogens with one attached hydrogen (secondary N) is 4. The van der Waals surface area contributed by atoms with E-state index in [9.17, 15) is 24.3 Å². The number of benzene rings is 3. The molecule has 0 aliphatic carbocycles. The molecular formula is C42H47ClN8O6. The van der Waals surface area contributed by atoms with Crippen LogP contribution >= 0.6 is 12.4 Å². The Morgan fingerprint density at radius 1 is 0.719 bits per heavy atom. The highest BCUT2D eigenvalue weighted by molar-refractivity contribution is 5.88. The van der Waals surface area contributed by atoms with Crippen molar-refractivity contribution in [3.05, 3.63) is 108 Å². The predicted octanol–water partition coefficient (Wildman–Crippen LogP) is 7.27. The zero-order valence-electron chi connectivity index (χ0n) is 32.0. The van der Waals surface area contributed by atoms with Crippen LogP contribution in [0.1, 0.15) is 74.9 Å². The molecule has 4 heterocycles. The highest BCUT2D eigenvalue weighted by Crippen LogP contribution is 2.36. The van der Waals surface area contributed by atoms with Crippen molar-refractivity contribution in [2.75, 3.05) is 20.2 Å². The van der Waals surface area contributed by atoms with Crippen molar-refractivity contribution in [3.63, 3.8) is 0 Å². The summed E-state index contributed by atoms with van der Waals surface area (Å²) in [5.74, 6) is 0.738. The fourth-order valence-corrected chi connectivity index (χ4v) is 7.72. The second-order valence-electron chi connectivity index (χ2n) is 14.5. The fraction of sp³-hybridized carbons (Fsp3) is 0.333. The highest BCUT2D eigenvalue weighted by Gasteiger charge is 2.38. The maximum Gasteiger partial charge on any atom is 0.407 e. The number of aromatic amines is 2. The topological polar surface area (TPSA) is 186 Å². The summed E-state index contributed by atoms with van der Waals surface area (Å²) in [4.78, 5) is 70.5. The fourth-order valence-electron chi connectivity index (χ4n) is 7.72. The highest BCUT2D eigenvalue weighted by atomic mass is 35.5. The van der Waals surface area contributed by atoms with Gasteiger partial charge in [-0.25, -0.2) is 19.6 Å². The van der Waals surface area contributed by atoms with Crippen LogP contribution in [0.2, 0.25) is 0 Å². The molecule has 57 heavy (non-hydrogen) atoms. The standard InChI is InChI=1S/C42H46N8O6.ClH/c1-25(2)35(47-41(53)54)39(51)49-21-7-11-33(49)37-43-23-31(45-37)28-17-13-26(14-18-28)27-15-19-29(20-16-27)32-24-44-38(46-32)34-12-8-22-50(34)40(52)36(48-42(55)56-3)30-9-5-4-6-10-30;/h4-6,9-10,13-20,23-25,33-36,47H,7-8,11-12,21-22H2,1-3H3,(H,43,45)(H,44,46)(H,48,55)(H,53,54);1H/t33-,34-,35-,36+;/m0./s1. The molecule has 7 rings (SSSR count). The maximum absolute atomic E-state index is 13.9. The number of H-pyrrole nitrogens is 2. The molecular weight excluding hydrogens is 748 g/mol. The number of methoxy groups -OCH3 is 1. The van der Waals surface area contributed by atoms with E-state index in [4.69, 9.17) is 4.74 Å². The Labute approximate surface area is 336 Å². The lowest BCUT2D eigenvalue weighted by molar-refractivity contribution is -0.135. The van der Waals surface area contributed by atoms with E-state index in [-0.39, 0.29) is 42.2 Å². The van der Waals surface area contributed by atoms with Crippen molar-refractivity contribution >= 4 is 36.4 Å². The third-order valence-corrected chi connectivity index (χ3v) is 10.7. The van der Waals surface area contributed by atoms with Crippen molar-refractivity contribution in [1.29, 1.82) is 0 Å². The van der Waals surface area contributed by atoms with E-state index < -0.39 is 24.3 Å². The molecule has 5 N–H and O–H groups in total. The quantitative estimate of drug-likeness (QED) is 0.0924. The first-order chi connectivity index (χ1) is 27.1. The van der Waals surface area contributed by atoms with Crippen LogP contribution in [0.25, 0.3) is 33.6 Å². The lowest BCUT2D eigenvalue weighted by Crippen LogP contribution is -2.50. The number of carbonyl (C=O) groups excluding carboxylic acids is 3. The van der Waals surface area contributed by atoms with Gasteiger partial charge in [0.1, 0.15) is 23.7 Å². The molecule has 2 aliphatic heterocycles. The SMILES string of the molecule is COC(=O)N[C@@H](C(=O)N1CCC[C@H]1c1ncc(-c2ccc(-c3ccc(-c4cnc([C@@H]5CCCN5C(=O)[C@@H](NC(=O)O)C(C)C)[nH]4)cc3)cc2)[nH]1)c1ccccc1.Cl. The normalized spacial score (nSPS) is 17.5. The number of halogens is 1. The molecule has 0 saturated carbocycles. The van der Waals surface area contributed by atoms with Gasteiger partial charge in [0.15, 0.2) is 0 Å². The van der Waals surface area contributed by atoms with Crippen molar-refractivity contribution in [2.24, 2.45) is 5.92 Å². The molecule has 2 aromatic heterocycles. The Balaban J connectivity index is 0.00000549. The van der Waals surface area contributed by atoms with Crippen molar-refractivity contribution in [3.8, 4) is 33.6 Å². The number of carboxylic acid groups (broad SMARTS) is 1. The lowest BCUT2D eigenvalue weighted by atomic mass is 10.0. The molecule has 0 unspecified atom stereocenters. The average Bonchev–Trinajstić information content (AvgIpc) is 4.06. The molecule has 4 atom stereocenters. The zero-order chi connectivity index (χ0) is 39.3. The number of imidazole rings is 2. The minimum Gasteiger partial charge on any atom is -0.465 e. The molecule has 298 valence electrons. The summed E-state index contributed by atoms with van der Waals surface area (Å²) in [5, 5.41) is 14.4. The number of rotatable bonds is 11. The third kappa shape index (κ3) is 8.81. The molecule has 2 fully saturated rings. The number of hydrogen-bond acceptors (Lipinski definition) is 7. The molecule has 2 saturated heterocycles. The Hall–Kier alpha value is -6.15. The predicted molar refractivity (Wildman–Crippen MR) is 216 cm³/mol. The Kier molecular flexibility index (Phi) is 12.6. The van der Waals surface area contributed by atoms with Crippen molar-refractivity contribution in [2.45, 2.75) is 63.7 Å². The third-order valence-electron chi connectivity index (χ3n) is 10.7. The van der Waals surface area contributed by atoms with Gasteiger partial charge in [0.2, 0.25) is 5.91 Å². The van der Waals surface area contributed by atoms with Crippen LogP contribution < -0.4 is 10.6 Å². The molecule has 0 bridgehead atoms. The van der Waals surface area contributed by atoms with Crippen LogP contribution in [-0.2, 0) is 14.3 Å². The van der Waals surface area contributed by atoms with E-state index in [0.717, 1.165) is 59.3 Å². The van der Waals surface area contributed by atoms with Gasteiger partial charge in [-0.15, -0.1) is 12.4 Å². The summed E-state index contributed by atoms with van der Waals surface area (Å²) in [6.45, 7) is 4.76. The Bertz CT molecular complexity index is 2170. The van der Waals surface area contributed by atoms with Gasteiger partial charge < -0.3 is 40.2 Å². The van der Waals surface area contributed by atoms with Crippen molar-refractivity contribution < 1.29 is 29.0 Å². The molecule has 2 aliphatic rings. The Morgan fingerprint density at radius 3 is 1.65 bits per heavy atom. The summed E-state index contributed by atoms with van der Waals surface area (Å²) in [6.07, 6.45) is 4.79. The summed E-state index contributed by atoms with van der Waals surface area (Å²) >= 11 is 0. The van der Waals surface area contributed by atoms with Gasteiger partial charge in [-0.05, 0) is 59.4 Å². The first kappa shape index (κ1) is 40.5. The van der Waals surface area contributed by atoms with Gasteiger partial charge in [-0.3, -0.25) is 9.59 Å². The van der Waals surface area contributed by atoms with Crippen LogP contribution in [0, 0.1) is 5.92 Å². The van der Waals surface area contributed by atoms with Gasteiger partial charge in [0.25, 0.3) is 5.91 Å². The molecule has 15 heteroatoms. The number of carbonyl (C=O) groups is 4. The number of aromatic nitrogens is 4. The van der Waals surface area contributed by atoms with Crippen LogP contribution in [0.3, 0.4) is 0 Å². The number of hydrogen-bond donors (Lipinski definition) is 5. The molecule has 14 nitrogen and oxygen atoms in total. The lowest BCUT2D eigenvalue weighted by Gasteiger charge is -2.29. The number of likely N-dealkylation sites (tertiary alicyclic amines) is 2. The molecule has 0 spiro atoms. The van der Waals surface area contributed by atoms with E-state index in [1.807, 2.05) is 68.4 Å². The first-order valence-electron chi connectivity index (χ1n) is 18.9. The zero-order valence-corrected chi connectivity index (χ0v) is 32.8. The molecule has 4 amide bonds. The Morgan fingerprint density at radius 2 is 1.19 bits per heavy atom. The van der Waals surface area contributed by atoms with E-state index >= 15 is 0 Å². The monoisotopic (exact) mass is 794 g/mol. The molecule has 3 aromatic carbocycles. The number of ether oxygens (including phenoxy) is 1. The van der Waals surface area contributed by atoms with Crippen molar-refractivity contribution in [1.82, 2.24) is 40.4 Å². The van der Waals surface area contributed by atoms with Crippen LogP contribution in [-0.4, -0.2) is 85.1 Å². The average molecular weight is 795 g/mol. The van der Waals surface area contributed by atoms with E-state index in [2.05, 4.69) is 54.8 Å². The molecule has 0 radical (unpaired) electrons. The smallest absolute Gasteiger partial charge is 0.407 e. The van der Waals surface area contributed by atoms with E-state index in [0.29, 0.717) is 30.3 Å². The van der Waals surface area contributed by atoms with Gasteiger partial charge in [0, 0.05) is 13.1 Å². The van der Waals surface area contributed by atoms with E-state index in [1.165, 1.54) is 7.11 Å². The number of alkyl carbamates (subject to hydrolysis) is 1. The minimum absolute atomic E-state index is 0. The second kappa shape index (κ2) is 17.8. The van der Waals surface area contributed by atoms with E-state index in [1.54, 1.807) is 22.2 Å². The summed E-state index contributed by atoms with van der Waals surface area (Å²) in [7, 11) is 1.28. The first-order valence-corrected chi connectivity index (χ1v) is 18.9. The van der Waals surface area contributed by atoms with Gasteiger partial charge >= 0.3 is 12.2 Å². The minimum atomic E-state index is -1.21. The van der Waals surface area contributed by atoms with Gasteiger partial charge in [-0.1, -0.05) is 92.7 Å². The summed E-state index contributed by atoms with van der Waals surface area (Å²) in [6, 6.07) is 23.3. The van der Waals surface area contributed by atoms with Crippen LogP contribution in [0.4, 0.5) is 9.59 Å².